The molecule has 1 heterocycles. The standard InChI is InChI=1S/C15H15F3N2O/c1-20-9-3-6-13(20)7-8-14(21)19-12-5-2-4-11(10-12)15(16,17)18/h2-6,9-10H,7-8H2,1H3,(H,19,21). The van der Waals surface area contributed by atoms with Gasteiger partial charge in [-0.05, 0) is 36.8 Å². The summed E-state index contributed by atoms with van der Waals surface area (Å²) in [6, 6.07) is 8.39. The van der Waals surface area contributed by atoms with Crippen molar-refractivity contribution in [3.05, 3.63) is 53.9 Å². The predicted octanol–water partition coefficient (Wildman–Crippen LogP) is 3.62. The van der Waals surface area contributed by atoms with E-state index in [-0.39, 0.29) is 18.0 Å². The first-order valence-corrected chi connectivity index (χ1v) is 6.43. The molecule has 0 aliphatic rings. The van der Waals surface area contributed by atoms with Gasteiger partial charge in [0.25, 0.3) is 0 Å². The van der Waals surface area contributed by atoms with E-state index in [0.29, 0.717) is 6.42 Å². The number of aryl methyl sites for hydroxylation is 2. The van der Waals surface area contributed by atoms with E-state index in [0.717, 1.165) is 17.8 Å². The highest BCUT2D eigenvalue weighted by molar-refractivity contribution is 5.90. The number of benzene rings is 1. The second-order valence-electron chi connectivity index (χ2n) is 4.74. The summed E-state index contributed by atoms with van der Waals surface area (Å²) >= 11 is 0. The molecule has 1 amide bonds. The van der Waals surface area contributed by atoms with Gasteiger partial charge >= 0.3 is 6.18 Å². The Morgan fingerprint density at radius 3 is 2.62 bits per heavy atom. The Morgan fingerprint density at radius 2 is 2.00 bits per heavy atom. The summed E-state index contributed by atoms with van der Waals surface area (Å²) in [4.78, 5) is 11.8. The third kappa shape index (κ3) is 4.11. The number of hydrogen-bond donors (Lipinski definition) is 1. The minimum absolute atomic E-state index is 0.154. The summed E-state index contributed by atoms with van der Waals surface area (Å²) in [6.07, 6.45) is -1.79. The molecule has 0 aliphatic heterocycles. The molecule has 0 bridgehead atoms. The lowest BCUT2D eigenvalue weighted by atomic mass is 10.2. The molecule has 21 heavy (non-hydrogen) atoms. The molecule has 6 heteroatoms. The summed E-state index contributed by atoms with van der Waals surface area (Å²) in [5.41, 5.74) is 0.374. The largest absolute Gasteiger partial charge is 0.416 e. The Bertz CT molecular complexity index is 632. The molecule has 1 aromatic carbocycles. The molecule has 0 spiro atoms. The molecule has 2 aromatic rings. The topological polar surface area (TPSA) is 34.0 Å². The number of alkyl halides is 3. The van der Waals surface area contributed by atoms with Crippen LogP contribution < -0.4 is 5.32 Å². The lowest BCUT2D eigenvalue weighted by Crippen LogP contribution is -2.14. The summed E-state index contributed by atoms with van der Waals surface area (Å²) in [7, 11) is 1.88. The normalized spacial score (nSPS) is 11.4. The quantitative estimate of drug-likeness (QED) is 0.918. The maximum atomic E-state index is 12.6. The number of carbonyl (C=O) groups excluding carboxylic acids is 1. The fraction of sp³-hybridized carbons (Fsp3) is 0.267. The van der Waals surface area contributed by atoms with Crippen molar-refractivity contribution in [2.45, 2.75) is 19.0 Å². The minimum atomic E-state index is -4.41. The van der Waals surface area contributed by atoms with E-state index in [1.165, 1.54) is 12.1 Å². The molecule has 0 saturated carbocycles. The Kier molecular flexibility index (Phi) is 4.35. The third-order valence-electron chi connectivity index (χ3n) is 3.13. The van der Waals surface area contributed by atoms with Crippen molar-refractivity contribution in [1.29, 1.82) is 0 Å². The summed E-state index contributed by atoms with van der Waals surface area (Å²) in [6.45, 7) is 0. The number of anilines is 1. The van der Waals surface area contributed by atoms with E-state index in [4.69, 9.17) is 0 Å². The lowest BCUT2D eigenvalue weighted by Gasteiger charge is -2.10. The van der Waals surface area contributed by atoms with Gasteiger partial charge in [0, 0.05) is 31.0 Å². The summed E-state index contributed by atoms with van der Waals surface area (Å²) in [5, 5.41) is 2.49. The van der Waals surface area contributed by atoms with Gasteiger partial charge in [0.05, 0.1) is 5.56 Å². The number of hydrogen-bond acceptors (Lipinski definition) is 1. The number of halogens is 3. The predicted molar refractivity (Wildman–Crippen MR) is 73.8 cm³/mol. The SMILES string of the molecule is Cn1cccc1CCC(=O)Nc1cccc(C(F)(F)F)c1. The van der Waals surface area contributed by atoms with Crippen molar-refractivity contribution in [3.63, 3.8) is 0 Å². The first-order chi connectivity index (χ1) is 9.86. The lowest BCUT2D eigenvalue weighted by molar-refractivity contribution is -0.137. The van der Waals surface area contributed by atoms with Crippen LogP contribution in [-0.4, -0.2) is 10.5 Å². The molecule has 3 nitrogen and oxygen atoms in total. The molecule has 112 valence electrons. The Labute approximate surface area is 120 Å². The van der Waals surface area contributed by atoms with Crippen LogP contribution in [0.25, 0.3) is 0 Å². The molecular formula is C15H15F3N2O. The van der Waals surface area contributed by atoms with Crippen molar-refractivity contribution in [1.82, 2.24) is 4.57 Å². The molecule has 0 radical (unpaired) electrons. The Hall–Kier alpha value is -2.24. The van der Waals surface area contributed by atoms with Crippen molar-refractivity contribution >= 4 is 11.6 Å². The molecule has 2 rings (SSSR count). The number of aromatic nitrogens is 1. The van der Waals surface area contributed by atoms with Gasteiger partial charge in [-0.1, -0.05) is 6.07 Å². The zero-order valence-electron chi connectivity index (χ0n) is 11.4. The van der Waals surface area contributed by atoms with Crippen LogP contribution in [0.3, 0.4) is 0 Å². The highest BCUT2D eigenvalue weighted by Crippen LogP contribution is 2.30. The number of carbonyl (C=O) groups is 1. The average molecular weight is 296 g/mol. The second kappa shape index (κ2) is 6.03. The maximum Gasteiger partial charge on any atom is 0.416 e. The van der Waals surface area contributed by atoms with E-state index >= 15 is 0 Å². The van der Waals surface area contributed by atoms with Crippen LogP contribution in [0.15, 0.2) is 42.6 Å². The van der Waals surface area contributed by atoms with Gasteiger partial charge in [-0.2, -0.15) is 13.2 Å². The fourth-order valence-corrected chi connectivity index (χ4v) is 1.99. The highest BCUT2D eigenvalue weighted by atomic mass is 19.4. The second-order valence-corrected chi connectivity index (χ2v) is 4.74. The molecule has 0 fully saturated rings. The van der Waals surface area contributed by atoms with Crippen molar-refractivity contribution in [3.8, 4) is 0 Å². The Balaban J connectivity index is 1.95. The van der Waals surface area contributed by atoms with E-state index in [1.807, 2.05) is 29.9 Å². The minimum Gasteiger partial charge on any atom is -0.354 e. The molecule has 0 unspecified atom stereocenters. The van der Waals surface area contributed by atoms with Gasteiger partial charge in [-0.3, -0.25) is 4.79 Å². The van der Waals surface area contributed by atoms with Gasteiger partial charge in [0.1, 0.15) is 0 Å². The summed E-state index contributed by atoms with van der Waals surface area (Å²) < 4.78 is 39.6. The van der Waals surface area contributed by atoms with Crippen LogP contribution in [0.4, 0.5) is 18.9 Å². The van der Waals surface area contributed by atoms with Crippen molar-refractivity contribution in [2.75, 3.05) is 5.32 Å². The fourth-order valence-electron chi connectivity index (χ4n) is 1.99. The highest BCUT2D eigenvalue weighted by Gasteiger charge is 2.30. The smallest absolute Gasteiger partial charge is 0.354 e. The van der Waals surface area contributed by atoms with Crippen LogP contribution in [-0.2, 0) is 24.4 Å². The van der Waals surface area contributed by atoms with E-state index in [1.54, 1.807) is 0 Å². The van der Waals surface area contributed by atoms with Gasteiger partial charge in [-0.15, -0.1) is 0 Å². The molecular weight excluding hydrogens is 281 g/mol. The van der Waals surface area contributed by atoms with E-state index < -0.39 is 11.7 Å². The zero-order chi connectivity index (χ0) is 15.5. The van der Waals surface area contributed by atoms with Crippen LogP contribution in [0, 0.1) is 0 Å². The van der Waals surface area contributed by atoms with Crippen LogP contribution in [0.1, 0.15) is 17.7 Å². The van der Waals surface area contributed by atoms with E-state index in [2.05, 4.69) is 5.32 Å². The Morgan fingerprint density at radius 1 is 1.24 bits per heavy atom. The molecule has 1 N–H and O–H groups in total. The van der Waals surface area contributed by atoms with Crippen LogP contribution in [0.2, 0.25) is 0 Å². The van der Waals surface area contributed by atoms with Crippen molar-refractivity contribution < 1.29 is 18.0 Å². The average Bonchev–Trinajstić information content (AvgIpc) is 2.81. The first kappa shape index (κ1) is 15.2. The van der Waals surface area contributed by atoms with Crippen molar-refractivity contribution in [2.24, 2.45) is 7.05 Å². The number of rotatable bonds is 4. The summed E-state index contributed by atoms with van der Waals surface area (Å²) in [5.74, 6) is -0.310. The van der Waals surface area contributed by atoms with Crippen LogP contribution in [0.5, 0.6) is 0 Å². The molecule has 0 aliphatic carbocycles. The van der Waals surface area contributed by atoms with Gasteiger partial charge < -0.3 is 9.88 Å². The molecule has 0 saturated heterocycles. The maximum absolute atomic E-state index is 12.6. The number of amides is 1. The van der Waals surface area contributed by atoms with Gasteiger partial charge in [-0.25, -0.2) is 0 Å². The zero-order valence-corrected chi connectivity index (χ0v) is 11.4. The molecule has 0 atom stereocenters. The van der Waals surface area contributed by atoms with Gasteiger partial charge in [0.2, 0.25) is 5.91 Å². The first-order valence-electron chi connectivity index (χ1n) is 6.43. The van der Waals surface area contributed by atoms with E-state index in [9.17, 15) is 18.0 Å². The van der Waals surface area contributed by atoms with Gasteiger partial charge in [0.15, 0.2) is 0 Å². The van der Waals surface area contributed by atoms with Crippen LogP contribution >= 0.6 is 0 Å². The molecule has 1 aromatic heterocycles. The monoisotopic (exact) mass is 296 g/mol. The number of nitrogens with one attached hydrogen (secondary N) is 1. The third-order valence-corrected chi connectivity index (χ3v) is 3.13. The number of nitrogens with zero attached hydrogens (tertiary/aromatic N) is 1.